The molecule has 1 aromatic heterocycles. The molecule has 0 saturated carbocycles. The molecule has 0 spiro atoms. The monoisotopic (exact) mass is 222 g/mol. The molecule has 0 radical (unpaired) electrons. The maximum Gasteiger partial charge on any atom is 0.134 e. The zero-order chi connectivity index (χ0) is 11.7. The van der Waals surface area contributed by atoms with Gasteiger partial charge in [0.25, 0.3) is 0 Å². The average Bonchev–Trinajstić information content (AvgIpc) is 2.58. The molecule has 88 valence electrons. The van der Waals surface area contributed by atoms with Gasteiger partial charge >= 0.3 is 0 Å². The summed E-state index contributed by atoms with van der Waals surface area (Å²) in [6.45, 7) is 5.05. The third-order valence-electron chi connectivity index (χ3n) is 3.21. The number of hydrogen-bond donors (Lipinski definition) is 2. The molecule has 0 bridgehead atoms. The Labute approximate surface area is 95.3 Å². The Balaban J connectivity index is 2.29. The summed E-state index contributed by atoms with van der Waals surface area (Å²) in [6.07, 6.45) is 1.08. The topological polar surface area (TPSA) is 75.3 Å². The molecular weight excluding hydrogens is 204 g/mol. The third kappa shape index (κ3) is 1.95. The van der Waals surface area contributed by atoms with Crippen LogP contribution in [0, 0.1) is 12.8 Å². The number of aliphatic hydroxyl groups is 1. The number of aliphatic hydroxyl groups excluding tert-OH is 1. The maximum atomic E-state index is 9.39. The summed E-state index contributed by atoms with van der Waals surface area (Å²) in [5, 5.41) is 9.39. The molecule has 5 nitrogen and oxygen atoms in total. The van der Waals surface area contributed by atoms with Gasteiger partial charge < -0.3 is 15.7 Å². The van der Waals surface area contributed by atoms with E-state index in [9.17, 15) is 5.11 Å². The lowest BCUT2D eigenvalue weighted by Gasteiger charge is -2.26. The first kappa shape index (κ1) is 11.1. The lowest BCUT2D eigenvalue weighted by molar-refractivity contribution is 0.244. The van der Waals surface area contributed by atoms with Crippen molar-refractivity contribution in [2.45, 2.75) is 26.3 Å². The van der Waals surface area contributed by atoms with E-state index in [0.717, 1.165) is 18.8 Å². The largest absolute Gasteiger partial charge is 0.394 e. The van der Waals surface area contributed by atoms with E-state index in [1.54, 1.807) is 6.07 Å². The normalized spacial score (nSPS) is 25.1. The van der Waals surface area contributed by atoms with Crippen LogP contribution in [0.15, 0.2) is 6.07 Å². The van der Waals surface area contributed by atoms with E-state index in [0.29, 0.717) is 17.6 Å². The lowest BCUT2D eigenvalue weighted by atomic mass is 10.0. The molecule has 0 aliphatic carbocycles. The standard InChI is InChI=1S/C11H18N4O/c1-7-3-4-15(9(7)6-16)11-5-10(12)13-8(2)14-11/h5,7,9,16H,3-4,6H2,1-2H3,(H2,12,13,14). The molecule has 5 heteroatoms. The van der Waals surface area contributed by atoms with Crippen LogP contribution in [-0.4, -0.2) is 34.3 Å². The zero-order valence-corrected chi connectivity index (χ0v) is 9.72. The number of aryl methyl sites for hydroxylation is 1. The fourth-order valence-corrected chi connectivity index (χ4v) is 2.29. The average molecular weight is 222 g/mol. The van der Waals surface area contributed by atoms with Gasteiger partial charge in [0.05, 0.1) is 12.6 Å². The van der Waals surface area contributed by atoms with Gasteiger partial charge in [-0.1, -0.05) is 6.92 Å². The molecule has 16 heavy (non-hydrogen) atoms. The Morgan fingerprint density at radius 3 is 2.94 bits per heavy atom. The molecule has 1 saturated heterocycles. The minimum absolute atomic E-state index is 0.147. The summed E-state index contributed by atoms with van der Waals surface area (Å²) < 4.78 is 0. The molecule has 2 atom stereocenters. The summed E-state index contributed by atoms with van der Waals surface area (Å²) in [7, 11) is 0. The van der Waals surface area contributed by atoms with Gasteiger partial charge in [0, 0.05) is 12.6 Å². The van der Waals surface area contributed by atoms with E-state index < -0.39 is 0 Å². The highest BCUT2D eigenvalue weighted by molar-refractivity contribution is 5.48. The first-order chi connectivity index (χ1) is 7.61. The number of anilines is 2. The number of nitrogen functional groups attached to an aromatic ring is 1. The van der Waals surface area contributed by atoms with Crippen LogP contribution in [0.4, 0.5) is 11.6 Å². The van der Waals surface area contributed by atoms with Crippen LogP contribution in [-0.2, 0) is 0 Å². The van der Waals surface area contributed by atoms with Gasteiger partial charge in [-0.2, -0.15) is 0 Å². The SMILES string of the molecule is Cc1nc(N)cc(N2CCC(C)C2CO)n1. The van der Waals surface area contributed by atoms with Gasteiger partial charge in [-0.3, -0.25) is 0 Å². The van der Waals surface area contributed by atoms with E-state index >= 15 is 0 Å². The number of hydrogen-bond acceptors (Lipinski definition) is 5. The fraction of sp³-hybridized carbons (Fsp3) is 0.636. The van der Waals surface area contributed by atoms with Crippen molar-refractivity contribution in [3.63, 3.8) is 0 Å². The van der Waals surface area contributed by atoms with Gasteiger partial charge in [0.2, 0.25) is 0 Å². The van der Waals surface area contributed by atoms with Crippen LogP contribution in [0.3, 0.4) is 0 Å². The van der Waals surface area contributed by atoms with E-state index in [-0.39, 0.29) is 12.6 Å². The summed E-state index contributed by atoms with van der Waals surface area (Å²) in [5.74, 6) is 2.47. The lowest BCUT2D eigenvalue weighted by Crippen LogP contribution is -2.35. The van der Waals surface area contributed by atoms with Gasteiger partial charge in [-0.05, 0) is 19.3 Å². The maximum absolute atomic E-state index is 9.39. The Morgan fingerprint density at radius 2 is 2.31 bits per heavy atom. The molecule has 0 amide bonds. The number of aromatic nitrogens is 2. The van der Waals surface area contributed by atoms with Crippen molar-refractivity contribution in [3.05, 3.63) is 11.9 Å². The second kappa shape index (κ2) is 4.25. The van der Waals surface area contributed by atoms with Crippen LogP contribution in [0.2, 0.25) is 0 Å². The minimum atomic E-state index is 0.147. The van der Waals surface area contributed by atoms with Crippen molar-refractivity contribution in [1.82, 2.24) is 9.97 Å². The highest BCUT2D eigenvalue weighted by Crippen LogP contribution is 2.28. The van der Waals surface area contributed by atoms with Gasteiger partial charge in [0.1, 0.15) is 17.5 Å². The van der Waals surface area contributed by atoms with Crippen LogP contribution in [0.5, 0.6) is 0 Å². The molecule has 0 aromatic carbocycles. The van der Waals surface area contributed by atoms with E-state index in [1.807, 2.05) is 6.92 Å². The molecule has 1 aliphatic rings. The van der Waals surface area contributed by atoms with Crippen molar-refractivity contribution in [2.75, 3.05) is 23.8 Å². The highest BCUT2D eigenvalue weighted by Gasteiger charge is 2.31. The quantitative estimate of drug-likeness (QED) is 0.765. The zero-order valence-electron chi connectivity index (χ0n) is 9.72. The van der Waals surface area contributed by atoms with E-state index in [1.165, 1.54) is 0 Å². The Morgan fingerprint density at radius 1 is 1.56 bits per heavy atom. The van der Waals surface area contributed by atoms with Crippen molar-refractivity contribution in [1.29, 1.82) is 0 Å². The molecule has 1 aromatic rings. The number of nitrogens with zero attached hydrogens (tertiary/aromatic N) is 3. The van der Waals surface area contributed by atoms with Crippen molar-refractivity contribution < 1.29 is 5.11 Å². The third-order valence-corrected chi connectivity index (χ3v) is 3.21. The van der Waals surface area contributed by atoms with Gasteiger partial charge in [-0.25, -0.2) is 9.97 Å². The van der Waals surface area contributed by atoms with Crippen LogP contribution in [0.1, 0.15) is 19.2 Å². The summed E-state index contributed by atoms with van der Waals surface area (Å²) in [6, 6.07) is 1.92. The molecule has 3 N–H and O–H groups in total. The molecule has 2 heterocycles. The van der Waals surface area contributed by atoms with Gasteiger partial charge in [0.15, 0.2) is 0 Å². The molecule has 2 unspecified atom stereocenters. The summed E-state index contributed by atoms with van der Waals surface area (Å²) in [4.78, 5) is 10.5. The minimum Gasteiger partial charge on any atom is -0.394 e. The van der Waals surface area contributed by atoms with Crippen molar-refractivity contribution in [3.8, 4) is 0 Å². The second-order valence-corrected chi connectivity index (χ2v) is 4.41. The Hall–Kier alpha value is -1.36. The number of rotatable bonds is 2. The van der Waals surface area contributed by atoms with Gasteiger partial charge in [-0.15, -0.1) is 0 Å². The fourth-order valence-electron chi connectivity index (χ4n) is 2.29. The summed E-state index contributed by atoms with van der Waals surface area (Å²) in [5.41, 5.74) is 5.71. The van der Waals surface area contributed by atoms with E-state index in [4.69, 9.17) is 5.73 Å². The van der Waals surface area contributed by atoms with Crippen LogP contribution < -0.4 is 10.6 Å². The van der Waals surface area contributed by atoms with Crippen molar-refractivity contribution in [2.24, 2.45) is 5.92 Å². The Bertz CT molecular complexity index is 362. The first-order valence-corrected chi connectivity index (χ1v) is 5.60. The molecule has 1 aliphatic heterocycles. The highest BCUT2D eigenvalue weighted by atomic mass is 16.3. The smallest absolute Gasteiger partial charge is 0.134 e. The van der Waals surface area contributed by atoms with E-state index in [2.05, 4.69) is 21.8 Å². The van der Waals surface area contributed by atoms with Crippen molar-refractivity contribution >= 4 is 11.6 Å². The van der Waals surface area contributed by atoms with Crippen LogP contribution >= 0.6 is 0 Å². The molecule has 2 rings (SSSR count). The first-order valence-electron chi connectivity index (χ1n) is 5.60. The predicted molar refractivity (Wildman–Crippen MR) is 63.2 cm³/mol. The molecule has 1 fully saturated rings. The predicted octanol–water partition coefficient (Wildman–Crippen LogP) is 0.574. The summed E-state index contributed by atoms with van der Waals surface area (Å²) >= 11 is 0. The second-order valence-electron chi connectivity index (χ2n) is 4.41. The Kier molecular flexibility index (Phi) is 2.96. The number of nitrogens with two attached hydrogens (primary N) is 1. The van der Waals surface area contributed by atoms with Crippen LogP contribution in [0.25, 0.3) is 0 Å². The molecular formula is C11H18N4O.